The van der Waals surface area contributed by atoms with Gasteiger partial charge in [-0.05, 0) is 46.7 Å². The lowest BCUT2D eigenvalue weighted by molar-refractivity contribution is -0.140. The molecular weight excluding hydrogens is 552 g/mol. The normalized spacial score (nSPS) is 17.6. The number of oxime groups is 1. The first-order valence-corrected chi connectivity index (χ1v) is 14.7. The van der Waals surface area contributed by atoms with Gasteiger partial charge in [0.15, 0.2) is 0 Å². The number of fused-ring (bicyclic) bond motifs is 10. The van der Waals surface area contributed by atoms with E-state index in [1.807, 2.05) is 91.0 Å². The van der Waals surface area contributed by atoms with E-state index in [-0.39, 0.29) is 24.4 Å². The van der Waals surface area contributed by atoms with Crippen molar-refractivity contribution in [2.75, 3.05) is 25.6 Å². The fraction of sp³-hybridized carbons (Fsp3) is 0.162. The summed E-state index contributed by atoms with van der Waals surface area (Å²) in [6.45, 7) is 3.73. The third-order valence-corrected chi connectivity index (χ3v) is 8.42. The second kappa shape index (κ2) is 10.7. The monoisotopic (exact) mass is 582 g/mol. The van der Waals surface area contributed by atoms with Crippen molar-refractivity contribution < 1.29 is 23.9 Å². The first-order chi connectivity index (χ1) is 21.6. The maximum Gasteiger partial charge on any atom is 0.339 e. The van der Waals surface area contributed by atoms with Crippen LogP contribution < -0.4 is 5.32 Å². The molecule has 5 aromatic carbocycles. The topological polar surface area (TPSA) is 86.2 Å². The minimum Gasteiger partial charge on any atom is -0.463 e. The van der Waals surface area contributed by atoms with E-state index < -0.39 is 17.5 Å². The van der Waals surface area contributed by atoms with E-state index in [0.29, 0.717) is 17.0 Å². The van der Waals surface area contributed by atoms with Gasteiger partial charge in [-0.15, -0.1) is 0 Å². The highest BCUT2D eigenvalue weighted by Gasteiger charge is 2.56. The molecule has 5 aromatic rings. The van der Waals surface area contributed by atoms with Gasteiger partial charge in [-0.1, -0.05) is 102 Å². The lowest BCUT2D eigenvalue weighted by atomic mass is 9.64. The summed E-state index contributed by atoms with van der Waals surface area (Å²) in [4.78, 5) is 34.3. The van der Waals surface area contributed by atoms with Crippen molar-refractivity contribution in [3.63, 3.8) is 0 Å². The number of hydrogen-bond donors (Lipinski definition) is 1. The van der Waals surface area contributed by atoms with Crippen molar-refractivity contribution in [3.8, 4) is 11.1 Å². The molecule has 1 N–H and O–H groups in total. The first kappa shape index (κ1) is 27.4. The smallest absolute Gasteiger partial charge is 0.339 e. The minimum absolute atomic E-state index is 0.100. The average Bonchev–Trinajstić information content (AvgIpc) is 3.06. The van der Waals surface area contributed by atoms with Gasteiger partial charge in [-0.2, -0.15) is 0 Å². The summed E-state index contributed by atoms with van der Waals surface area (Å²) in [7, 11) is 1.48. The lowest BCUT2D eigenvalue weighted by Crippen LogP contribution is -2.53. The van der Waals surface area contributed by atoms with Gasteiger partial charge >= 0.3 is 11.9 Å². The molecular formula is C37H30N2O5. The Morgan fingerprint density at radius 1 is 0.682 bits per heavy atom. The molecule has 218 valence electrons. The van der Waals surface area contributed by atoms with Crippen molar-refractivity contribution in [1.82, 2.24) is 0 Å². The van der Waals surface area contributed by atoms with Crippen LogP contribution in [0.1, 0.15) is 30.5 Å². The van der Waals surface area contributed by atoms with E-state index in [1.165, 1.54) is 7.11 Å². The van der Waals surface area contributed by atoms with Crippen LogP contribution in [0.5, 0.6) is 0 Å². The molecule has 1 aliphatic heterocycles. The highest BCUT2D eigenvalue weighted by molar-refractivity contribution is 6.36. The Kier molecular flexibility index (Phi) is 6.66. The molecule has 7 nitrogen and oxygen atoms in total. The molecule has 0 saturated carbocycles. The van der Waals surface area contributed by atoms with Crippen molar-refractivity contribution >= 4 is 50.5 Å². The molecule has 1 atom stereocenters. The molecule has 2 aliphatic rings. The fourth-order valence-corrected chi connectivity index (χ4v) is 6.85. The standard InChI is InChI=1S/C37H30N2O5/c1-4-43-35(40)31-30-26-18-9-6-14-22(26)23-15-7-10-19-27(23)33(30)38-37(32(31)36(41)44-5-2)29-21-13-12-17-25(29)24-16-8-11-20-28(24)34(37)39-42-3/h6-21,38H,4-5H2,1-3H3/b39-34+/t37-/m0/s1. The largest absolute Gasteiger partial charge is 0.463 e. The van der Waals surface area contributed by atoms with Gasteiger partial charge in [0.05, 0.1) is 30.0 Å². The van der Waals surface area contributed by atoms with Crippen LogP contribution in [-0.2, 0) is 29.4 Å². The van der Waals surface area contributed by atoms with E-state index >= 15 is 0 Å². The van der Waals surface area contributed by atoms with Gasteiger partial charge in [0.1, 0.15) is 18.4 Å². The van der Waals surface area contributed by atoms with Crippen LogP contribution in [0.2, 0.25) is 0 Å². The Morgan fingerprint density at radius 3 is 1.91 bits per heavy atom. The molecule has 7 heteroatoms. The summed E-state index contributed by atoms with van der Waals surface area (Å²) in [5.74, 6) is -1.27. The van der Waals surface area contributed by atoms with Crippen LogP contribution in [0.15, 0.2) is 108 Å². The van der Waals surface area contributed by atoms with E-state index in [2.05, 4.69) is 16.5 Å². The molecule has 0 saturated heterocycles. The summed E-state index contributed by atoms with van der Waals surface area (Å²) < 4.78 is 11.5. The average molecular weight is 583 g/mol. The Balaban J connectivity index is 1.75. The Labute approximate surface area is 254 Å². The first-order valence-electron chi connectivity index (χ1n) is 14.7. The molecule has 0 unspecified atom stereocenters. The molecule has 0 aromatic heterocycles. The molecule has 0 fully saturated rings. The van der Waals surface area contributed by atoms with Crippen LogP contribution in [0.25, 0.3) is 38.2 Å². The molecule has 1 heterocycles. The summed E-state index contributed by atoms with van der Waals surface area (Å²) in [6.07, 6.45) is 0. The summed E-state index contributed by atoms with van der Waals surface area (Å²) >= 11 is 0. The predicted octanol–water partition coefficient (Wildman–Crippen LogP) is 7.22. The Hall–Kier alpha value is -5.43. The number of nitrogens with one attached hydrogen (secondary N) is 1. The molecule has 44 heavy (non-hydrogen) atoms. The number of carbonyl (C=O) groups excluding carboxylic acids is 2. The molecule has 0 bridgehead atoms. The van der Waals surface area contributed by atoms with Crippen molar-refractivity contribution in [1.29, 1.82) is 0 Å². The maximum absolute atomic E-state index is 14.4. The number of ether oxygens (including phenoxy) is 2. The summed E-state index contributed by atoms with van der Waals surface area (Å²) in [5, 5.41) is 12.1. The molecule has 1 aliphatic carbocycles. The number of anilines is 1. The van der Waals surface area contributed by atoms with Crippen LogP contribution in [0.3, 0.4) is 0 Å². The van der Waals surface area contributed by atoms with Gasteiger partial charge in [0.2, 0.25) is 0 Å². The molecule has 1 spiro atoms. The SMILES string of the molecule is CCOC(=O)C1=C(C(=O)OCC)[C@]2(Nc3c1c1ccccc1c1ccccc31)/C(=N/OC)c1ccccc1-c1ccccc12. The number of carbonyl (C=O) groups is 2. The third-order valence-electron chi connectivity index (χ3n) is 8.42. The van der Waals surface area contributed by atoms with Crippen LogP contribution in [0.4, 0.5) is 5.69 Å². The third kappa shape index (κ3) is 3.78. The number of benzene rings is 5. The molecule has 0 radical (unpaired) electrons. The second-order valence-electron chi connectivity index (χ2n) is 10.6. The van der Waals surface area contributed by atoms with E-state index in [9.17, 15) is 9.59 Å². The second-order valence-corrected chi connectivity index (χ2v) is 10.6. The predicted molar refractivity (Wildman–Crippen MR) is 172 cm³/mol. The van der Waals surface area contributed by atoms with Gasteiger partial charge in [0.25, 0.3) is 0 Å². The van der Waals surface area contributed by atoms with Crippen LogP contribution in [-0.4, -0.2) is 38.0 Å². The van der Waals surface area contributed by atoms with Crippen molar-refractivity contribution in [2.24, 2.45) is 5.16 Å². The number of rotatable bonds is 5. The van der Waals surface area contributed by atoms with Gasteiger partial charge < -0.3 is 19.6 Å². The van der Waals surface area contributed by atoms with Crippen molar-refractivity contribution in [3.05, 3.63) is 119 Å². The van der Waals surface area contributed by atoms with Gasteiger partial charge in [0, 0.05) is 16.5 Å². The van der Waals surface area contributed by atoms with Gasteiger partial charge in [-0.3, -0.25) is 0 Å². The zero-order valence-corrected chi connectivity index (χ0v) is 24.6. The number of hydrogen-bond acceptors (Lipinski definition) is 7. The van der Waals surface area contributed by atoms with Crippen LogP contribution >= 0.6 is 0 Å². The van der Waals surface area contributed by atoms with Gasteiger partial charge in [-0.25, -0.2) is 9.59 Å². The van der Waals surface area contributed by atoms with Crippen LogP contribution in [0, 0.1) is 0 Å². The highest BCUT2D eigenvalue weighted by atomic mass is 16.6. The van der Waals surface area contributed by atoms with E-state index in [4.69, 9.17) is 14.3 Å². The fourth-order valence-electron chi connectivity index (χ4n) is 6.85. The zero-order valence-electron chi connectivity index (χ0n) is 24.6. The highest BCUT2D eigenvalue weighted by Crippen LogP contribution is 2.55. The summed E-state index contributed by atoms with van der Waals surface area (Å²) in [6, 6.07) is 31.7. The minimum atomic E-state index is -1.48. The van der Waals surface area contributed by atoms with E-state index in [1.54, 1.807) is 13.8 Å². The number of esters is 2. The molecule has 0 amide bonds. The summed E-state index contributed by atoms with van der Waals surface area (Å²) in [5.41, 5.74) is 3.79. The Bertz CT molecular complexity index is 2060. The number of nitrogens with zero attached hydrogens (tertiary/aromatic N) is 1. The van der Waals surface area contributed by atoms with Crippen molar-refractivity contribution in [2.45, 2.75) is 19.4 Å². The zero-order chi connectivity index (χ0) is 30.4. The molecule has 7 rings (SSSR count). The maximum atomic E-state index is 14.4. The lowest BCUT2D eigenvalue weighted by Gasteiger charge is -2.46. The van der Waals surface area contributed by atoms with E-state index in [0.717, 1.165) is 43.8 Å². The Morgan fingerprint density at radius 2 is 1.23 bits per heavy atom. The quantitative estimate of drug-likeness (QED) is 0.134.